The Kier molecular flexibility index (Phi) is 2.48. The first-order valence-corrected chi connectivity index (χ1v) is 4.04. The summed E-state index contributed by atoms with van der Waals surface area (Å²) >= 11 is 0. The summed E-state index contributed by atoms with van der Waals surface area (Å²) in [6, 6.07) is 6.07. The summed E-state index contributed by atoms with van der Waals surface area (Å²) in [5, 5.41) is 9.75. The summed E-state index contributed by atoms with van der Waals surface area (Å²) in [6.45, 7) is 3.55. The van der Waals surface area contributed by atoms with Crippen molar-refractivity contribution in [1.82, 2.24) is 0 Å². The largest absolute Gasteiger partial charge is 0.385 e. The van der Waals surface area contributed by atoms with Gasteiger partial charge in [-0.25, -0.2) is 4.39 Å². The van der Waals surface area contributed by atoms with Crippen molar-refractivity contribution in [2.75, 3.05) is 0 Å². The highest BCUT2D eigenvalue weighted by atomic mass is 19.1. The Balaban J connectivity index is 3.03. The van der Waals surface area contributed by atoms with Gasteiger partial charge in [0.2, 0.25) is 0 Å². The highest BCUT2D eigenvalue weighted by Crippen LogP contribution is 2.23. The third kappa shape index (κ3) is 1.83. The van der Waals surface area contributed by atoms with E-state index in [1.807, 2.05) is 6.92 Å². The second-order valence-electron chi connectivity index (χ2n) is 3.14. The van der Waals surface area contributed by atoms with E-state index in [0.717, 1.165) is 0 Å². The van der Waals surface area contributed by atoms with Crippen LogP contribution >= 0.6 is 0 Å². The lowest BCUT2D eigenvalue weighted by molar-refractivity contribution is 0.0527. The van der Waals surface area contributed by atoms with E-state index in [9.17, 15) is 9.50 Å². The van der Waals surface area contributed by atoms with Gasteiger partial charge in [0.05, 0.1) is 5.60 Å². The van der Waals surface area contributed by atoms with Crippen molar-refractivity contribution in [2.45, 2.75) is 25.9 Å². The van der Waals surface area contributed by atoms with Crippen molar-refractivity contribution < 1.29 is 9.50 Å². The Bertz CT molecular complexity index is 268. The van der Waals surface area contributed by atoms with E-state index >= 15 is 0 Å². The minimum atomic E-state index is -0.915. The van der Waals surface area contributed by atoms with Gasteiger partial charge in [-0.05, 0) is 31.0 Å². The average Bonchev–Trinajstić information content (AvgIpc) is 2.05. The minimum absolute atomic E-state index is 0.304. The van der Waals surface area contributed by atoms with Crippen molar-refractivity contribution >= 4 is 0 Å². The molecular formula is C10H13FO. The van der Waals surface area contributed by atoms with E-state index in [0.29, 0.717) is 12.0 Å². The topological polar surface area (TPSA) is 20.2 Å². The molecule has 1 atom stereocenters. The fraction of sp³-hybridized carbons (Fsp3) is 0.400. The first-order valence-electron chi connectivity index (χ1n) is 4.04. The molecule has 0 aromatic heterocycles. The lowest BCUT2D eigenvalue weighted by atomic mass is 9.93. The second kappa shape index (κ2) is 3.23. The molecule has 0 aliphatic carbocycles. The number of aliphatic hydroxyl groups is 1. The summed E-state index contributed by atoms with van der Waals surface area (Å²) in [7, 11) is 0. The molecule has 0 radical (unpaired) electrons. The van der Waals surface area contributed by atoms with Gasteiger partial charge in [-0.2, -0.15) is 0 Å². The van der Waals surface area contributed by atoms with Crippen LogP contribution in [0.4, 0.5) is 4.39 Å². The fourth-order valence-corrected chi connectivity index (χ4v) is 1.03. The van der Waals surface area contributed by atoms with Gasteiger partial charge in [-0.3, -0.25) is 0 Å². The van der Waals surface area contributed by atoms with Crippen LogP contribution in [0.1, 0.15) is 25.8 Å². The molecule has 0 fully saturated rings. The zero-order chi connectivity index (χ0) is 9.19. The fourth-order valence-electron chi connectivity index (χ4n) is 1.03. The standard InChI is InChI=1S/C10H13FO/c1-3-10(2,12)8-5-4-6-9(11)7-8/h4-7,12H,3H2,1-2H3/t10-/m0/s1. The van der Waals surface area contributed by atoms with E-state index in [2.05, 4.69) is 0 Å². The molecule has 0 saturated carbocycles. The summed E-state index contributed by atoms with van der Waals surface area (Å²) in [6.07, 6.45) is 0.580. The maximum atomic E-state index is 12.7. The predicted molar refractivity (Wildman–Crippen MR) is 46.3 cm³/mol. The first kappa shape index (κ1) is 9.20. The van der Waals surface area contributed by atoms with Gasteiger partial charge in [-0.1, -0.05) is 19.1 Å². The van der Waals surface area contributed by atoms with Crippen molar-refractivity contribution in [3.63, 3.8) is 0 Å². The van der Waals surface area contributed by atoms with Crippen LogP contribution in [0.3, 0.4) is 0 Å². The summed E-state index contributed by atoms with van der Waals surface area (Å²) in [5.41, 5.74) is -0.285. The van der Waals surface area contributed by atoms with Crippen LogP contribution in [0.2, 0.25) is 0 Å². The van der Waals surface area contributed by atoms with Crippen molar-refractivity contribution in [1.29, 1.82) is 0 Å². The van der Waals surface area contributed by atoms with Crippen molar-refractivity contribution in [3.05, 3.63) is 35.6 Å². The second-order valence-corrected chi connectivity index (χ2v) is 3.14. The first-order chi connectivity index (χ1) is 5.56. The molecule has 66 valence electrons. The zero-order valence-electron chi connectivity index (χ0n) is 7.34. The van der Waals surface area contributed by atoms with Crippen LogP contribution in [-0.2, 0) is 5.60 Å². The number of hydrogen-bond acceptors (Lipinski definition) is 1. The Hall–Kier alpha value is -0.890. The van der Waals surface area contributed by atoms with E-state index < -0.39 is 5.60 Å². The number of hydrogen-bond donors (Lipinski definition) is 1. The summed E-state index contributed by atoms with van der Waals surface area (Å²) in [4.78, 5) is 0. The third-order valence-electron chi connectivity index (χ3n) is 2.13. The lowest BCUT2D eigenvalue weighted by Crippen LogP contribution is -2.19. The molecule has 0 aliphatic heterocycles. The van der Waals surface area contributed by atoms with Gasteiger partial charge in [0, 0.05) is 0 Å². The maximum absolute atomic E-state index is 12.7. The molecule has 1 N–H and O–H groups in total. The maximum Gasteiger partial charge on any atom is 0.123 e. The molecule has 1 aromatic rings. The number of halogens is 1. The van der Waals surface area contributed by atoms with Gasteiger partial charge >= 0.3 is 0 Å². The SMILES string of the molecule is CC[C@](C)(O)c1cccc(F)c1. The van der Waals surface area contributed by atoms with E-state index in [4.69, 9.17) is 0 Å². The van der Waals surface area contributed by atoms with E-state index in [1.165, 1.54) is 12.1 Å². The smallest absolute Gasteiger partial charge is 0.123 e. The number of benzene rings is 1. The lowest BCUT2D eigenvalue weighted by Gasteiger charge is -2.21. The average molecular weight is 168 g/mol. The molecule has 1 aromatic carbocycles. The van der Waals surface area contributed by atoms with Gasteiger partial charge in [0.25, 0.3) is 0 Å². The summed E-state index contributed by atoms with van der Waals surface area (Å²) in [5.74, 6) is -0.304. The van der Waals surface area contributed by atoms with Gasteiger partial charge in [-0.15, -0.1) is 0 Å². The van der Waals surface area contributed by atoms with Gasteiger partial charge in [0.15, 0.2) is 0 Å². The Morgan fingerprint density at radius 3 is 2.67 bits per heavy atom. The van der Waals surface area contributed by atoms with Crippen LogP contribution in [0.5, 0.6) is 0 Å². The van der Waals surface area contributed by atoms with Crippen LogP contribution < -0.4 is 0 Å². The Labute approximate surface area is 71.9 Å². The highest BCUT2D eigenvalue weighted by molar-refractivity contribution is 5.22. The molecule has 0 heterocycles. The Morgan fingerprint density at radius 1 is 1.50 bits per heavy atom. The van der Waals surface area contributed by atoms with Crippen LogP contribution in [0.15, 0.2) is 24.3 Å². The molecule has 12 heavy (non-hydrogen) atoms. The highest BCUT2D eigenvalue weighted by Gasteiger charge is 2.20. The summed E-state index contributed by atoms with van der Waals surface area (Å²) < 4.78 is 12.7. The monoisotopic (exact) mass is 168 g/mol. The molecule has 0 saturated heterocycles. The molecule has 0 aliphatic rings. The minimum Gasteiger partial charge on any atom is -0.385 e. The van der Waals surface area contributed by atoms with E-state index in [1.54, 1.807) is 19.1 Å². The molecule has 0 bridgehead atoms. The molecular weight excluding hydrogens is 155 g/mol. The number of rotatable bonds is 2. The quantitative estimate of drug-likeness (QED) is 0.719. The van der Waals surface area contributed by atoms with Crippen LogP contribution in [0.25, 0.3) is 0 Å². The molecule has 0 amide bonds. The molecule has 0 unspecified atom stereocenters. The van der Waals surface area contributed by atoms with Crippen LogP contribution in [0, 0.1) is 5.82 Å². The van der Waals surface area contributed by atoms with Gasteiger partial charge in [0.1, 0.15) is 5.82 Å². The Morgan fingerprint density at radius 2 is 2.17 bits per heavy atom. The molecule has 1 nitrogen and oxygen atoms in total. The predicted octanol–water partition coefficient (Wildman–Crippen LogP) is 2.44. The van der Waals surface area contributed by atoms with Crippen molar-refractivity contribution in [3.8, 4) is 0 Å². The zero-order valence-corrected chi connectivity index (χ0v) is 7.34. The van der Waals surface area contributed by atoms with Crippen LogP contribution in [-0.4, -0.2) is 5.11 Å². The molecule has 2 heteroatoms. The van der Waals surface area contributed by atoms with Crippen molar-refractivity contribution in [2.24, 2.45) is 0 Å². The molecule has 1 rings (SSSR count). The third-order valence-corrected chi connectivity index (χ3v) is 2.13. The van der Waals surface area contributed by atoms with E-state index in [-0.39, 0.29) is 5.82 Å². The van der Waals surface area contributed by atoms with Gasteiger partial charge < -0.3 is 5.11 Å². The normalized spacial score (nSPS) is 15.7. The molecule has 0 spiro atoms.